The number of amides is 1. The van der Waals surface area contributed by atoms with Gasteiger partial charge in [-0.1, -0.05) is 28.1 Å². The Hall–Kier alpha value is -2.56. The van der Waals surface area contributed by atoms with Crippen molar-refractivity contribution < 1.29 is 17.6 Å². The maximum absolute atomic E-state index is 13.0. The molecule has 1 aromatic heterocycles. The summed E-state index contributed by atoms with van der Waals surface area (Å²) in [5.41, 5.74) is 0.981. The monoisotopic (exact) mass is 480 g/mol. The second-order valence-electron chi connectivity index (χ2n) is 6.27. The van der Waals surface area contributed by atoms with Crippen LogP contribution in [0.3, 0.4) is 0 Å². The molecule has 0 fully saturated rings. The van der Waals surface area contributed by atoms with Crippen LogP contribution in [0.4, 0.5) is 10.2 Å². The topological polar surface area (TPSA) is 84.3 Å². The number of halogens is 2. The number of carbonyl (C=O) groups is 1. The zero-order valence-electron chi connectivity index (χ0n) is 15.4. The fourth-order valence-corrected chi connectivity index (χ4v) is 4.20. The number of aromatic nitrogens is 2. The van der Waals surface area contributed by atoms with Crippen molar-refractivity contribution in [1.29, 1.82) is 0 Å². The molecule has 29 heavy (non-hydrogen) atoms. The van der Waals surface area contributed by atoms with Crippen molar-refractivity contribution in [3.05, 3.63) is 76.6 Å². The van der Waals surface area contributed by atoms with Crippen molar-refractivity contribution in [2.75, 3.05) is 18.9 Å². The molecule has 2 aromatic carbocycles. The van der Waals surface area contributed by atoms with Crippen LogP contribution in [0.15, 0.2) is 70.2 Å². The zero-order chi connectivity index (χ0) is 21.0. The van der Waals surface area contributed by atoms with Gasteiger partial charge in [0.05, 0.1) is 24.2 Å². The second kappa shape index (κ2) is 8.85. The standard InChI is InChI=1S/C19H18BrFN4O3S/c1-24(29(27,28)17-7-5-16(21)6-8-17)13-19(26)23-18-9-10-22-25(18)12-14-3-2-4-15(20)11-14/h2-11H,12-13H2,1H3,(H,23,26). The molecule has 0 atom stereocenters. The van der Waals surface area contributed by atoms with E-state index in [1.54, 1.807) is 16.9 Å². The van der Waals surface area contributed by atoms with Crippen LogP contribution in [0.1, 0.15) is 5.56 Å². The summed E-state index contributed by atoms with van der Waals surface area (Å²) in [5, 5.41) is 6.87. The van der Waals surface area contributed by atoms with E-state index < -0.39 is 28.3 Å². The number of nitrogens with zero attached hydrogens (tertiary/aromatic N) is 3. The molecule has 0 saturated heterocycles. The van der Waals surface area contributed by atoms with Gasteiger partial charge < -0.3 is 5.32 Å². The Balaban J connectivity index is 1.67. The maximum atomic E-state index is 13.0. The predicted octanol–water partition coefficient (Wildman–Crippen LogP) is 3.09. The summed E-state index contributed by atoms with van der Waals surface area (Å²) in [6, 6.07) is 13.7. The van der Waals surface area contributed by atoms with Crippen LogP contribution < -0.4 is 5.32 Å². The average molecular weight is 481 g/mol. The van der Waals surface area contributed by atoms with E-state index in [4.69, 9.17) is 0 Å². The van der Waals surface area contributed by atoms with Crippen LogP contribution in [-0.4, -0.2) is 42.0 Å². The van der Waals surface area contributed by atoms with E-state index in [0.717, 1.165) is 38.6 Å². The first kappa shape index (κ1) is 21.2. The van der Waals surface area contributed by atoms with E-state index in [1.165, 1.54) is 7.05 Å². The van der Waals surface area contributed by atoms with E-state index in [1.807, 2.05) is 24.3 Å². The van der Waals surface area contributed by atoms with Gasteiger partial charge in [0.15, 0.2) is 0 Å². The molecule has 1 amide bonds. The lowest BCUT2D eigenvalue weighted by Gasteiger charge is -2.17. The van der Waals surface area contributed by atoms with E-state index in [9.17, 15) is 17.6 Å². The minimum absolute atomic E-state index is 0.0890. The van der Waals surface area contributed by atoms with Gasteiger partial charge in [0.2, 0.25) is 15.9 Å². The first-order chi connectivity index (χ1) is 13.8. The molecule has 10 heteroatoms. The number of likely N-dealkylation sites (N-methyl/N-ethyl adjacent to an activating group) is 1. The molecule has 0 unspecified atom stereocenters. The molecule has 3 aromatic rings. The maximum Gasteiger partial charge on any atom is 0.243 e. The van der Waals surface area contributed by atoms with E-state index >= 15 is 0 Å². The Bertz CT molecular complexity index is 1120. The first-order valence-corrected chi connectivity index (χ1v) is 10.8. The molecule has 0 radical (unpaired) electrons. The third kappa shape index (κ3) is 5.28. The van der Waals surface area contributed by atoms with Gasteiger partial charge >= 0.3 is 0 Å². The van der Waals surface area contributed by atoms with E-state index in [-0.39, 0.29) is 4.90 Å². The Morgan fingerprint density at radius 2 is 1.93 bits per heavy atom. The van der Waals surface area contributed by atoms with Crippen molar-refractivity contribution in [3.63, 3.8) is 0 Å². The highest BCUT2D eigenvalue weighted by molar-refractivity contribution is 9.10. The summed E-state index contributed by atoms with van der Waals surface area (Å²) in [4.78, 5) is 12.3. The second-order valence-corrected chi connectivity index (χ2v) is 9.23. The number of nitrogens with one attached hydrogen (secondary N) is 1. The van der Waals surface area contributed by atoms with Crippen molar-refractivity contribution >= 4 is 37.7 Å². The van der Waals surface area contributed by atoms with Crippen molar-refractivity contribution in [2.24, 2.45) is 0 Å². The fraction of sp³-hybridized carbons (Fsp3) is 0.158. The molecule has 0 spiro atoms. The minimum Gasteiger partial charge on any atom is -0.310 e. The molecule has 3 rings (SSSR count). The molecule has 0 aliphatic heterocycles. The molecule has 152 valence electrons. The molecule has 0 aliphatic carbocycles. The van der Waals surface area contributed by atoms with Gasteiger partial charge in [-0.2, -0.15) is 9.40 Å². The Morgan fingerprint density at radius 1 is 1.21 bits per heavy atom. The fourth-order valence-electron chi connectivity index (χ4n) is 2.63. The summed E-state index contributed by atoms with van der Waals surface area (Å²) < 4.78 is 41.5. The highest BCUT2D eigenvalue weighted by atomic mass is 79.9. The van der Waals surface area contributed by atoms with Crippen LogP contribution in [0.5, 0.6) is 0 Å². The van der Waals surface area contributed by atoms with Gasteiger partial charge in [-0.15, -0.1) is 0 Å². The molecular formula is C19H18BrFN4O3S. The first-order valence-electron chi connectivity index (χ1n) is 8.54. The third-order valence-electron chi connectivity index (χ3n) is 4.09. The average Bonchev–Trinajstić information content (AvgIpc) is 3.08. The number of carbonyl (C=O) groups excluding carboxylic acids is 1. The predicted molar refractivity (Wildman–Crippen MR) is 110 cm³/mol. The molecule has 7 nitrogen and oxygen atoms in total. The van der Waals surface area contributed by atoms with Gasteiger partial charge in [0.25, 0.3) is 0 Å². The zero-order valence-corrected chi connectivity index (χ0v) is 17.8. The van der Waals surface area contributed by atoms with Gasteiger partial charge in [0.1, 0.15) is 11.6 Å². The molecule has 0 bridgehead atoms. The summed E-state index contributed by atoms with van der Waals surface area (Å²) in [6.45, 7) is 0.0353. The van der Waals surface area contributed by atoms with Crippen LogP contribution in [0.2, 0.25) is 0 Å². The van der Waals surface area contributed by atoms with Gasteiger partial charge in [-0.3, -0.25) is 4.79 Å². The highest BCUT2D eigenvalue weighted by Crippen LogP contribution is 2.17. The Labute approximate surface area is 176 Å². The highest BCUT2D eigenvalue weighted by Gasteiger charge is 2.23. The van der Waals surface area contributed by atoms with Crippen molar-refractivity contribution in [3.8, 4) is 0 Å². The molecule has 0 saturated carbocycles. The Kier molecular flexibility index (Phi) is 6.46. The normalized spacial score (nSPS) is 11.6. The van der Waals surface area contributed by atoms with Gasteiger partial charge in [0, 0.05) is 17.6 Å². The summed E-state index contributed by atoms with van der Waals surface area (Å²) in [7, 11) is -2.63. The largest absolute Gasteiger partial charge is 0.310 e. The number of hydrogen-bond donors (Lipinski definition) is 1. The summed E-state index contributed by atoms with van der Waals surface area (Å²) in [6.07, 6.45) is 1.55. The summed E-state index contributed by atoms with van der Waals surface area (Å²) in [5.74, 6) is -0.611. The molecular weight excluding hydrogens is 463 g/mol. The van der Waals surface area contributed by atoms with E-state index in [2.05, 4.69) is 26.3 Å². The minimum atomic E-state index is -3.91. The Morgan fingerprint density at radius 3 is 2.62 bits per heavy atom. The van der Waals surface area contributed by atoms with Gasteiger partial charge in [-0.25, -0.2) is 17.5 Å². The summed E-state index contributed by atoms with van der Waals surface area (Å²) >= 11 is 3.41. The lowest BCUT2D eigenvalue weighted by molar-refractivity contribution is -0.116. The quantitative estimate of drug-likeness (QED) is 0.562. The number of anilines is 1. The van der Waals surface area contributed by atoms with Crippen LogP contribution in [-0.2, 0) is 21.4 Å². The molecule has 0 aliphatic rings. The third-order valence-corrected chi connectivity index (χ3v) is 6.40. The smallest absolute Gasteiger partial charge is 0.243 e. The van der Waals surface area contributed by atoms with Crippen LogP contribution >= 0.6 is 15.9 Å². The number of rotatable bonds is 7. The lowest BCUT2D eigenvalue weighted by atomic mass is 10.2. The lowest BCUT2D eigenvalue weighted by Crippen LogP contribution is -2.35. The van der Waals surface area contributed by atoms with Crippen molar-refractivity contribution in [1.82, 2.24) is 14.1 Å². The van der Waals surface area contributed by atoms with Crippen LogP contribution in [0.25, 0.3) is 0 Å². The SMILES string of the molecule is CN(CC(=O)Nc1ccnn1Cc1cccc(Br)c1)S(=O)(=O)c1ccc(F)cc1. The number of sulfonamides is 1. The molecule has 1 N–H and O–H groups in total. The van der Waals surface area contributed by atoms with E-state index in [0.29, 0.717) is 12.4 Å². The van der Waals surface area contributed by atoms with Crippen LogP contribution in [0, 0.1) is 5.82 Å². The molecule has 1 heterocycles. The van der Waals surface area contributed by atoms with Gasteiger partial charge in [-0.05, 0) is 42.0 Å². The number of hydrogen-bond acceptors (Lipinski definition) is 4. The van der Waals surface area contributed by atoms with Crippen molar-refractivity contribution in [2.45, 2.75) is 11.4 Å². The number of benzene rings is 2.